The summed E-state index contributed by atoms with van der Waals surface area (Å²) in [6, 6.07) is 15.0. The van der Waals surface area contributed by atoms with Crippen LogP contribution in [-0.4, -0.2) is 17.6 Å². The zero-order valence-electron chi connectivity index (χ0n) is 10.6. The molecule has 0 spiro atoms. The minimum absolute atomic E-state index is 0.0565. The number of hydrogen-bond donors (Lipinski definition) is 1. The third-order valence-corrected chi connectivity index (χ3v) is 3.80. The van der Waals surface area contributed by atoms with E-state index in [0.717, 1.165) is 15.7 Å². The lowest BCUT2D eigenvalue weighted by Gasteiger charge is -2.23. The Bertz CT molecular complexity index is 604. The van der Waals surface area contributed by atoms with Crippen molar-refractivity contribution >= 4 is 39.2 Å². The van der Waals surface area contributed by atoms with E-state index in [2.05, 4.69) is 15.9 Å². The van der Waals surface area contributed by atoms with Gasteiger partial charge in [0.15, 0.2) is 0 Å². The lowest BCUT2D eigenvalue weighted by molar-refractivity contribution is -0.135. The molecule has 0 aliphatic carbocycles. The summed E-state index contributed by atoms with van der Waals surface area (Å²) in [5, 5.41) is 9.71. The zero-order valence-corrected chi connectivity index (χ0v) is 12.9. The number of para-hydroxylation sites is 1. The summed E-state index contributed by atoms with van der Waals surface area (Å²) in [4.78, 5) is 12.8. The van der Waals surface area contributed by atoms with Gasteiger partial charge in [0, 0.05) is 21.7 Å². The molecule has 0 heterocycles. The highest BCUT2D eigenvalue weighted by molar-refractivity contribution is 9.10. The molecule has 0 saturated heterocycles. The minimum atomic E-state index is -0.862. The van der Waals surface area contributed by atoms with Gasteiger partial charge in [0.1, 0.15) is 6.54 Å². The fourth-order valence-electron chi connectivity index (χ4n) is 1.90. The predicted octanol–water partition coefficient (Wildman–Crippen LogP) is 4.19. The maximum absolute atomic E-state index is 11.0. The lowest BCUT2D eigenvalue weighted by atomic mass is 10.2. The Morgan fingerprint density at radius 1 is 1.20 bits per heavy atom. The average Bonchev–Trinajstić information content (AvgIpc) is 2.41. The Hall–Kier alpha value is -1.52. The smallest absolute Gasteiger partial charge is 0.323 e. The van der Waals surface area contributed by atoms with Crippen LogP contribution in [0.5, 0.6) is 0 Å². The highest BCUT2D eigenvalue weighted by atomic mass is 79.9. The molecule has 0 aliphatic rings. The Morgan fingerprint density at radius 3 is 2.50 bits per heavy atom. The van der Waals surface area contributed by atoms with Crippen LogP contribution in [0.25, 0.3) is 0 Å². The van der Waals surface area contributed by atoms with Gasteiger partial charge < -0.3 is 10.0 Å². The maximum Gasteiger partial charge on any atom is 0.323 e. The summed E-state index contributed by atoms with van der Waals surface area (Å²) >= 11 is 9.37. The molecule has 0 atom stereocenters. The van der Waals surface area contributed by atoms with Gasteiger partial charge in [-0.25, -0.2) is 0 Å². The first-order chi connectivity index (χ1) is 9.56. The number of nitrogens with zero attached hydrogens (tertiary/aromatic N) is 1. The summed E-state index contributed by atoms with van der Waals surface area (Å²) in [6.45, 7) is 0.438. The molecular formula is C15H13BrClNO2. The number of halogens is 2. The topological polar surface area (TPSA) is 40.5 Å². The largest absolute Gasteiger partial charge is 0.480 e. The van der Waals surface area contributed by atoms with Gasteiger partial charge >= 0.3 is 5.97 Å². The summed E-state index contributed by atoms with van der Waals surface area (Å²) in [6.07, 6.45) is 0. The van der Waals surface area contributed by atoms with E-state index in [1.807, 2.05) is 36.4 Å². The second kappa shape index (κ2) is 6.77. The number of rotatable bonds is 5. The summed E-state index contributed by atoms with van der Waals surface area (Å²) in [7, 11) is 0. The molecule has 1 N–H and O–H groups in total. The highest BCUT2D eigenvalue weighted by Gasteiger charge is 2.12. The van der Waals surface area contributed by atoms with Gasteiger partial charge in [-0.3, -0.25) is 4.79 Å². The number of carbonyl (C=O) groups is 1. The second-order valence-corrected chi connectivity index (χ2v) is 5.61. The molecule has 0 radical (unpaired) electrons. The van der Waals surface area contributed by atoms with Gasteiger partial charge in [-0.15, -0.1) is 0 Å². The third-order valence-electron chi connectivity index (χ3n) is 2.82. The van der Waals surface area contributed by atoms with Gasteiger partial charge in [-0.2, -0.15) is 0 Å². The molecule has 2 aromatic carbocycles. The molecule has 0 fully saturated rings. The monoisotopic (exact) mass is 353 g/mol. The van der Waals surface area contributed by atoms with E-state index in [4.69, 9.17) is 16.7 Å². The first-order valence-electron chi connectivity index (χ1n) is 6.02. The van der Waals surface area contributed by atoms with Crippen molar-refractivity contribution in [1.29, 1.82) is 0 Å². The standard InChI is InChI=1S/C15H13BrClNO2/c16-14-8-12(17)7-6-11(14)9-18(10-15(19)20)13-4-2-1-3-5-13/h1-8H,9-10H2,(H,19,20). The van der Waals surface area contributed by atoms with E-state index in [9.17, 15) is 4.79 Å². The van der Waals surface area contributed by atoms with Crippen LogP contribution in [0, 0.1) is 0 Å². The maximum atomic E-state index is 11.0. The molecular weight excluding hydrogens is 342 g/mol. The van der Waals surface area contributed by atoms with Gasteiger partial charge in [0.2, 0.25) is 0 Å². The van der Waals surface area contributed by atoms with Crippen molar-refractivity contribution in [1.82, 2.24) is 0 Å². The molecule has 20 heavy (non-hydrogen) atoms. The van der Waals surface area contributed by atoms with E-state index >= 15 is 0 Å². The number of carboxylic acid groups (broad SMARTS) is 1. The first-order valence-corrected chi connectivity index (χ1v) is 7.19. The molecule has 104 valence electrons. The number of hydrogen-bond acceptors (Lipinski definition) is 2. The number of carboxylic acids is 1. The summed E-state index contributed by atoms with van der Waals surface area (Å²) in [5.74, 6) is -0.862. The molecule has 3 nitrogen and oxygen atoms in total. The van der Waals surface area contributed by atoms with E-state index < -0.39 is 5.97 Å². The molecule has 0 bridgehead atoms. The Labute approximate surface area is 130 Å². The lowest BCUT2D eigenvalue weighted by Crippen LogP contribution is -2.29. The summed E-state index contributed by atoms with van der Waals surface area (Å²) in [5.41, 5.74) is 1.86. The average molecular weight is 355 g/mol. The van der Waals surface area contributed by atoms with Gasteiger partial charge in [-0.05, 0) is 29.8 Å². The van der Waals surface area contributed by atoms with E-state index in [1.165, 1.54) is 0 Å². The normalized spacial score (nSPS) is 10.3. The van der Waals surface area contributed by atoms with Crippen LogP contribution < -0.4 is 4.90 Å². The predicted molar refractivity (Wildman–Crippen MR) is 84.3 cm³/mol. The summed E-state index contributed by atoms with van der Waals surface area (Å²) < 4.78 is 0.872. The van der Waals surface area contributed by atoms with Crippen molar-refractivity contribution in [3.05, 3.63) is 63.6 Å². The molecule has 2 rings (SSSR count). The van der Waals surface area contributed by atoms with Crippen LogP contribution in [0.3, 0.4) is 0 Å². The Balaban J connectivity index is 2.26. The van der Waals surface area contributed by atoms with Crippen LogP contribution in [0.1, 0.15) is 5.56 Å². The molecule has 0 aromatic heterocycles. The van der Waals surface area contributed by atoms with Crippen LogP contribution in [0.15, 0.2) is 53.0 Å². The van der Waals surface area contributed by atoms with Crippen molar-refractivity contribution in [2.45, 2.75) is 6.54 Å². The number of aliphatic carboxylic acids is 1. The molecule has 5 heteroatoms. The molecule has 0 saturated carbocycles. The second-order valence-electron chi connectivity index (χ2n) is 4.32. The van der Waals surface area contributed by atoms with Crippen molar-refractivity contribution < 1.29 is 9.90 Å². The Morgan fingerprint density at radius 2 is 1.90 bits per heavy atom. The van der Waals surface area contributed by atoms with Crippen molar-refractivity contribution in [2.75, 3.05) is 11.4 Å². The number of benzene rings is 2. The quantitative estimate of drug-likeness (QED) is 0.875. The molecule has 2 aromatic rings. The van der Waals surface area contributed by atoms with Crippen LogP contribution >= 0.6 is 27.5 Å². The van der Waals surface area contributed by atoms with Crippen molar-refractivity contribution in [3.63, 3.8) is 0 Å². The zero-order chi connectivity index (χ0) is 14.5. The van der Waals surface area contributed by atoms with Crippen molar-refractivity contribution in [3.8, 4) is 0 Å². The fourth-order valence-corrected chi connectivity index (χ4v) is 2.70. The van der Waals surface area contributed by atoms with Crippen LogP contribution in [-0.2, 0) is 11.3 Å². The van der Waals surface area contributed by atoms with E-state index in [-0.39, 0.29) is 6.54 Å². The Kier molecular flexibility index (Phi) is 5.04. The van der Waals surface area contributed by atoms with Crippen LogP contribution in [0.4, 0.5) is 5.69 Å². The third kappa shape index (κ3) is 3.99. The highest BCUT2D eigenvalue weighted by Crippen LogP contribution is 2.25. The minimum Gasteiger partial charge on any atom is -0.480 e. The number of anilines is 1. The first kappa shape index (κ1) is 14.9. The molecule has 0 aliphatic heterocycles. The van der Waals surface area contributed by atoms with Crippen LogP contribution in [0.2, 0.25) is 5.02 Å². The molecule has 0 amide bonds. The molecule has 0 unspecified atom stereocenters. The SMILES string of the molecule is O=C(O)CN(Cc1ccc(Cl)cc1Br)c1ccccc1. The van der Waals surface area contributed by atoms with Crippen molar-refractivity contribution in [2.24, 2.45) is 0 Å². The van der Waals surface area contributed by atoms with Gasteiger partial charge in [0.05, 0.1) is 0 Å². The van der Waals surface area contributed by atoms with E-state index in [1.54, 1.807) is 17.0 Å². The van der Waals surface area contributed by atoms with Gasteiger partial charge in [-0.1, -0.05) is 51.8 Å². The van der Waals surface area contributed by atoms with Gasteiger partial charge in [0.25, 0.3) is 0 Å². The fraction of sp³-hybridized carbons (Fsp3) is 0.133. The van der Waals surface area contributed by atoms with E-state index in [0.29, 0.717) is 11.6 Å².